The fourth-order valence-electron chi connectivity index (χ4n) is 3.30. The molecule has 3 N–H and O–H groups in total. The van der Waals surface area contributed by atoms with Crippen molar-refractivity contribution in [2.24, 2.45) is 11.7 Å². The van der Waals surface area contributed by atoms with Crippen molar-refractivity contribution in [1.29, 1.82) is 0 Å². The van der Waals surface area contributed by atoms with Gasteiger partial charge in [-0.05, 0) is 35.6 Å². The molecule has 138 valence electrons. The van der Waals surface area contributed by atoms with Crippen LogP contribution in [0.2, 0.25) is 0 Å². The molecule has 1 aliphatic heterocycles. The van der Waals surface area contributed by atoms with E-state index in [-0.39, 0.29) is 36.2 Å². The number of carbonyl (C=O) groups excluding carboxylic acids is 1. The Hall–Kier alpha value is -2.24. The number of ether oxygens (including phenoxy) is 2. The van der Waals surface area contributed by atoms with Gasteiger partial charge in [-0.15, -0.1) is 12.4 Å². The van der Waals surface area contributed by atoms with E-state index in [4.69, 9.17) is 15.2 Å². The van der Waals surface area contributed by atoms with E-state index in [2.05, 4.69) is 5.32 Å². The number of hydrogen-bond acceptors (Lipinski definition) is 4. The van der Waals surface area contributed by atoms with E-state index in [0.717, 1.165) is 29.0 Å². The van der Waals surface area contributed by atoms with Gasteiger partial charge in [-0.2, -0.15) is 0 Å². The summed E-state index contributed by atoms with van der Waals surface area (Å²) in [6, 6.07) is 15.6. The largest absolute Gasteiger partial charge is 0.486 e. The third-order valence-electron chi connectivity index (χ3n) is 4.85. The molecular formula is C20H23ClN2O3. The average Bonchev–Trinajstić information content (AvgIpc) is 3.47. The second-order valence-corrected chi connectivity index (χ2v) is 6.61. The first kappa shape index (κ1) is 18.5. The number of carbonyl (C=O) groups is 1. The van der Waals surface area contributed by atoms with Gasteiger partial charge >= 0.3 is 0 Å². The average molecular weight is 375 g/mol. The molecule has 0 aromatic heterocycles. The van der Waals surface area contributed by atoms with Crippen molar-refractivity contribution in [2.45, 2.75) is 18.4 Å². The third kappa shape index (κ3) is 3.94. The molecule has 1 amide bonds. The minimum Gasteiger partial charge on any atom is -0.486 e. The molecule has 3 unspecified atom stereocenters. The molecule has 6 heteroatoms. The normalized spacial score (nSPS) is 21.3. The maximum Gasteiger partial charge on any atom is 0.223 e. The molecule has 4 rings (SSSR count). The van der Waals surface area contributed by atoms with E-state index >= 15 is 0 Å². The number of fused-ring (bicyclic) bond motifs is 1. The van der Waals surface area contributed by atoms with E-state index in [9.17, 15) is 4.79 Å². The summed E-state index contributed by atoms with van der Waals surface area (Å²) in [5, 5.41) is 2.99. The third-order valence-corrected chi connectivity index (χ3v) is 4.85. The van der Waals surface area contributed by atoms with Crippen LogP contribution < -0.4 is 20.5 Å². The Balaban J connectivity index is 0.00000196. The van der Waals surface area contributed by atoms with E-state index in [1.165, 1.54) is 0 Å². The van der Waals surface area contributed by atoms with Gasteiger partial charge < -0.3 is 20.5 Å². The van der Waals surface area contributed by atoms with E-state index in [1.807, 2.05) is 48.5 Å². The number of nitrogens with one attached hydrogen (secondary N) is 1. The van der Waals surface area contributed by atoms with Crippen LogP contribution in [0.25, 0.3) is 0 Å². The molecule has 0 radical (unpaired) electrons. The summed E-state index contributed by atoms with van der Waals surface area (Å²) in [4.78, 5) is 12.4. The van der Waals surface area contributed by atoms with Gasteiger partial charge in [0.1, 0.15) is 13.2 Å². The molecule has 0 spiro atoms. The Bertz CT molecular complexity index is 769. The summed E-state index contributed by atoms with van der Waals surface area (Å²) < 4.78 is 11.2. The quantitative estimate of drug-likeness (QED) is 0.844. The lowest BCUT2D eigenvalue weighted by molar-refractivity contribution is -0.122. The molecule has 26 heavy (non-hydrogen) atoms. The second-order valence-electron chi connectivity index (χ2n) is 6.61. The van der Waals surface area contributed by atoms with E-state index in [1.54, 1.807) is 0 Å². The summed E-state index contributed by atoms with van der Waals surface area (Å²) >= 11 is 0. The Labute approximate surface area is 159 Å². The lowest BCUT2D eigenvalue weighted by atomic mass is 10.1. The highest BCUT2D eigenvalue weighted by atomic mass is 35.5. The topological polar surface area (TPSA) is 73.6 Å². The van der Waals surface area contributed by atoms with Gasteiger partial charge in [0.25, 0.3) is 0 Å². The van der Waals surface area contributed by atoms with Gasteiger partial charge in [-0.25, -0.2) is 0 Å². The Morgan fingerprint density at radius 3 is 2.62 bits per heavy atom. The molecule has 3 atom stereocenters. The molecule has 1 fully saturated rings. The van der Waals surface area contributed by atoms with Crippen LogP contribution in [-0.4, -0.2) is 25.7 Å². The van der Waals surface area contributed by atoms with Crippen LogP contribution in [0.15, 0.2) is 48.5 Å². The van der Waals surface area contributed by atoms with Gasteiger partial charge in [0, 0.05) is 18.5 Å². The lowest BCUT2D eigenvalue weighted by Crippen LogP contribution is -2.33. The van der Waals surface area contributed by atoms with Crippen molar-refractivity contribution in [3.05, 3.63) is 59.7 Å². The summed E-state index contributed by atoms with van der Waals surface area (Å²) in [7, 11) is 0. The highest BCUT2D eigenvalue weighted by Gasteiger charge is 2.44. The molecule has 1 heterocycles. The molecule has 1 aliphatic carbocycles. The van der Waals surface area contributed by atoms with Crippen LogP contribution in [0, 0.1) is 5.92 Å². The molecule has 1 saturated carbocycles. The van der Waals surface area contributed by atoms with Crippen molar-refractivity contribution in [1.82, 2.24) is 5.32 Å². The number of benzene rings is 2. The van der Waals surface area contributed by atoms with Gasteiger partial charge in [-0.1, -0.05) is 36.4 Å². The summed E-state index contributed by atoms with van der Waals surface area (Å²) in [6.07, 6.45) is 0.867. The van der Waals surface area contributed by atoms with E-state index < -0.39 is 0 Å². The standard InChI is InChI=1S/C20H22N2O3.ClH/c21-17(13-4-2-1-3-5-13)12-22-20(23)16-11-15(16)14-6-7-18-19(10-14)25-9-8-24-18;/h1-7,10,15-17H,8-9,11-12,21H2,(H,22,23);1H. The molecule has 2 aromatic carbocycles. The maximum atomic E-state index is 12.4. The first-order valence-electron chi connectivity index (χ1n) is 8.70. The molecule has 0 bridgehead atoms. The minimum atomic E-state index is -0.184. The van der Waals surface area contributed by atoms with Crippen molar-refractivity contribution < 1.29 is 14.3 Å². The molecule has 5 nitrogen and oxygen atoms in total. The summed E-state index contributed by atoms with van der Waals surface area (Å²) in [5.74, 6) is 1.91. The monoisotopic (exact) mass is 374 g/mol. The van der Waals surface area contributed by atoms with Crippen molar-refractivity contribution in [2.75, 3.05) is 19.8 Å². The summed E-state index contributed by atoms with van der Waals surface area (Å²) in [6.45, 7) is 1.61. The molecule has 0 saturated heterocycles. The van der Waals surface area contributed by atoms with Crippen molar-refractivity contribution in [3.8, 4) is 11.5 Å². The zero-order valence-corrected chi connectivity index (χ0v) is 15.2. The Morgan fingerprint density at radius 1 is 1.12 bits per heavy atom. The van der Waals surface area contributed by atoms with Gasteiger partial charge in [-0.3, -0.25) is 4.79 Å². The first-order chi connectivity index (χ1) is 12.2. The number of nitrogens with two attached hydrogens (primary N) is 1. The SMILES string of the molecule is Cl.NC(CNC(=O)C1CC1c1ccc2c(c1)OCCO2)c1ccccc1. The van der Waals surface area contributed by atoms with Crippen LogP contribution in [0.5, 0.6) is 11.5 Å². The van der Waals surface area contributed by atoms with Crippen molar-refractivity contribution >= 4 is 18.3 Å². The smallest absolute Gasteiger partial charge is 0.223 e. The number of hydrogen-bond donors (Lipinski definition) is 2. The van der Waals surface area contributed by atoms with Gasteiger partial charge in [0.15, 0.2) is 11.5 Å². The number of rotatable bonds is 5. The number of amides is 1. The Kier molecular flexibility index (Phi) is 5.69. The van der Waals surface area contributed by atoms with Gasteiger partial charge in [0.2, 0.25) is 5.91 Å². The van der Waals surface area contributed by atoms with E-state index in [0.29, 0.717) is 19.8 Å². The van der Waals surface area contributed by atoms with Crippen LogP contribution in [0.3, 0.4) is 0 Å². The number of halogens is 1. The van der Waals surface area contributed by atoms with Crippen molar-refractivity contribution in [3.63, 3.8) is 0 Å². The summed E-state index contributed by atoms with van der Waals surface area (Å²) in [5.41, 5.74) is 8.31. The fourth-order valence-corrected chi connectivity index (χ4v) is 3.30. The fraction of sp³-hybridized carbons (Fsp3) is 0.350. The predicted molar refractivity (Wildman–Crippen MR) is 102 cm³/mol. The van der Waals surface area contributed by atoms with Crippen LogP contribution in [-0.2, 0) is 4.79 Å². The molecular weight excluding hydrogens is 352 g/mol. The first-order valence-corrected chi connectivity index (χ1v) is 8.70. The second kappa shape index (κ2) is 7.98. The maximum absolute atomic E-state index is 12.4. The van der Waals surface area contributed by atoms with Gasteiger partial charge in [0.05, 0.1) is 0 Å². The zero-order valence-electron chi connectivity index (χ0n) is 14.4. The lowest BCUT2D eigenvalue weighted by Gasteiger charge is -2.19. The molecule has 2 aromatic rings. The highest BCUT2D eigenvalue weighted by Crippen LogP contribution is 2.49. The zero-order chi connectivity index (χ0) is 17.2. The highest BCUT2D eigenvalue weighted by molar-refractivity contribution is 5.85. The van der Waals surface area contributed by atoms with Crippen LogP contribution in [0.1, 0.15) is 29.5 Å². The molecule has 2 aliphatic rings. The van der Waals surface area contributed by atoms with Crippen LogP contribution in [0.4, 0.5) is 0 Å². The van der Waals surface area contributed by atoms with Crippen LogP contribution >= 0.6 is 12.4 Å². The Morgan fingerprint density at radius 2 is 1.85 bits per heavy atom. The predicted octanol–water partition coefficient (Wildman–Crippen LogP) is 2.80. The minimum absolute atomic E-state index is 0.